The third-order valence-corrected chi connectivity index (χ3v) is 2.35. The Morgan fingerprint density at radius 3 is 2.81 bits per heavy atom. The van der Waals surface area contributed by atoms with Gasteiger partial charge in [0.25, 0.3) is 0 Å². The summed E-state index contributed by atoms with van der Waals surface area (Å²) in [6.45, 7) is 0. The average molecular weight is 239 g/mol. The molecule has 0 heterocycles. The van der Waals surface area contributed by atoms with Crippen LogP contribution in [0, 0.1) is 0 Å². The molecule has 0 unspecified atom stereocenters. The second kappa shape index (κ2) is 6.57. The molecule has 0 fully saturated rings. The van der Waals surface area contributed by atoms with Crippen LogP contribution < -0.4 is 10.8 Å². The van der Waals surface area contributed by atoms with Gasteiger partial charge in [0, 0.05) is 12.1 Å². The zero-order valence-electron chi connectivity index (χ0n) is 8.76. The summed E-state index contributed by atoms with van der Waals surface area (Å²) in [5.41, 5.74) is 0.918. The number of nitrogens with one attached hydrogen (secondary N) is 1. The lowest BCUT2D eigenvalue weighted by atomic mass is 9.80. The van der Waals surface area contributed by atoms with Crippen LogP contribution in [0.4, 0.5) is 5.69 Å². The lowest BCUT2D eigenvalue weighted by molar-refractivity contribution is -0.116. The number of hydrogen-bond acceptors (Lipinski definition) is 4. The Labute approximate surface area is 100 Å². The summed E-state index contributed by atoms with van der Waals surface area (Å²) < 4.78 is 0. The van der Waals surface area contributed by atoms with Crippen molar-refractivity contribution in [2.45, 2.75) is 12.8 Å². The molecule has 0 aromatic heterocycles. The Morgan fingerprint density at radius 2 is 2.19 bits per heavy atom. The zero-order chi connectivity index (χ0) is 12.0. The molecule has 1 aromatic carbocycles. The number of thiol groups is 1. The molecule has 0 saturated heterocycles. The van der Waals surface area contributed by atoms with Crippen molar-refractivity contribution < 1.29 is 14.8 Å². The molecular formula is C10H14BNO3S. The first-order valence-corrected chi connectivity index (χ1v) is 5.63. The number of benzene rings is 1. The van der Waals surface area contributed by atoms with Gasteiger partial charge in [0.15, 0.2) is 0 Å². The summed E-state index contributed by atoms with van der Waals surface area (Å²) in [7, 11) is -1.52. The standard InChI is InChI=1S/C10H14BNO3S/c13-10(5-2-6-16)12-9-4-1-3-8(7-9)11(14)15/h1,3-4,7,14-16H,2,5-6H2,(H,12,13). The van der Waals surface area contributed by atoms with E-state index in [0.717, 1.165) is 6.42 Å². The Kier molecular flexibility index (Phi) is 5.38. The van der Waals surface area contributed by atoms with Gasteiger partial charge < -0.3 is 15.4 Å². The molecule has 0 radical (unpaired) electrons. The summed E-state index contributed by atoms with van der Waals surface area (Å²) in [4.78, 5) is 11.4. The van der Waals surface area contributed by atoms with E-state index in [-0.39, 0.29) is 5.91 Å². The van der Waals surface area contributed by atoms with Crippen LogP contribution >= 0.6 is 12.6 Å². The highest BCUT2D eigenvalue weighted by Crippen LogP contribution is 2.05. The first-order chi connectivity index (χ1) is 7.63. The molecular weight excluding hydrogens is 225 g/mol. The number of amides is 1. The fourth-order valence-corrected chi connectivity index (χ4v) is 1.40. The van der Waals surface area contributed by atoms with Crippen LogP contribution in [0.1, 0.15) is 12.8 Å². The van der Waals surface area contributed by atoms with Gasteiger partial charge in [-0.3, -0.25) is 4.79 Å². The van der Waals surface area contributed by atoms with Crippen LogP contribution in [0.2, 0.25) is 0 Å². The normalized spacial score (nSPS) is 9.94. The fourth-order valence-electron chi connectivity index (χ4n) is 1.24. The van der Waals surface area contributed by atoms with Gasteiger partial charge in [0.05, 0.1) is 0 Å². The Bertz CT molecular complexity index is 360. The molecule has 0 aliphatic carbocycles. The van der Waals surface area contributed by atoms with Crippen molar-refractivity contribution in [3.05, 3.63) is 24.3 Å². The molecule has 86 valence electrons. The quantitative estimate of drug-likeness (QED) is 0.432. The zero-order valence-corrected chi connectivity index (χ0v) is 9.65. The van der Waals surface area contributed by atoms with Gasteiger partial charge >= 0.3 is 7.12 Å². The predicted molar refractivity (Wildman–Crippen MR) is 68.0 cm³/mol. The van der Waals surface area contributed by atoms with Crippen LogP contribution in [-0.2, 0) is 4.79 Å². The molecule has 1 aromatic rings. The van der Waals surface area contributed by atoms with Gasteiger partial charge in [-0.25, -0.2) is 0 Å². The van der Waals surface area contributed by atoms with Crippen LogP contribution in [-0.4, -0.2) is 28.8 Å². The highest BCUT2D eigenvalue weighted by Gasteiger charge is 2.11. The monoisotopic (exact) mass is 239 g/mol. The van der Waals surface area contributed by atoms with Crippen molar-refractivity contribution in [2.75, 3.05) is 11.1 Å². The molecule has 0 aliphatic heterocycles. The van der Waals surface area contributed by atoms with Gasteiger partial charge in [-0.1, -0.05) is 12.1 Å². The summed E-state index contributed by atoms with van der Waals surface area (Å²) >= 11 is 4.02. The van der Waals surface area contributed by atoms with Gasteiger partial charge in [-0.2, -0.15) is 12.6 Å². The van der Waals surface area contributed by atoms with E-state index in [1.54, 1.807) is 18.2 Å². The van der Waals surface area contributed by atoms with E-state index >= 15 is 0 Å². The molecule has 3 N–H and O–H groups in total. The van der Waals surface area contributed by atoms with Crippen LogP contribution in [0.25, 0.3) is 0 Å². The minimum Gasteiger partial charge on any atom is -0.423 e. The van der Waals surface area contributed by atoms with E-state index in [0.29, 0.717) is 23.3 Å². The first-order valence-electron chi connectivity index (χ1n) is 5.00. The molecule has 4 nitrogen and oxygen atoms in total. The van der Waals surface area contributed by atoms with Gasteiger partial charge in [-0.15, -0.1) is 0 Å². The smallest absolute Gasteiger partial charge is 0.423 e. The van der Waals surface area contributed by atoms with Gasteiger partial charge in [-0.05, 0) is 29.8 Å². The summed E-state index contributed by atoms with van der Waals surface area (Å²) in [5, 5.41) is 20.6. The summed E-state index contributed by atoms with van der Waals surface area (Å²) in [6.07, 6.45) is 1.13. The highest BCUT2D eigenvalue weighted by molar-refractivity contribution is 7.80. The molecule has 6 heteroatoms. The number of carbonyl (C=O) groups is 1. The Morgan fingerprint density at radius 1 is 1.44 bits per heavy atom. The second-order valence-corrected chi connectivity index (χ2v) is 3.82. The third kappa shape index (κ3) is 4.26. The van der Waals surface area contributed by atoms with E-state index in [2.05, 4.69) is 17.9 Å². The number of rotatable bonds is 5. The van der Waals surface area contributed by atoms with Crippen LogP contribution in [0.15, 0.2) is 24.3 Å². The summed E-state index contributed by atoms with van der Waals surface area (Å²) in [5.74, 6) is 0.571. The molecule has 0 saturated carbocycles. The molecule has 16 heavy (non-hydrogen) atoms. The van der Waals surface area contributed by atoms with Crippen LogP contribution in [0.5, 0.6) is 0 Å². The SMILES string of the molecule is O=C(CCCS)Nc1cccc(B(O)O)c1. The van der Waals surface area contributed by atoms with E-state index in [1.165, 1.54) is 6.07 Å². The topological polar surface area (TPSA) is 69.6 Å². The van der Waals surface area contributed by atoms with Crippen LogP contribution in [0.3, 0.4) is 0 Å². The molecule has 0 atom stereocenters. The fraction of sp³-hybridized carbons (Fsp3) is 0.300. The molecule has 0 spiro atoms. The lowest BCUT2D eigenvalue weighted by Crippen LogP contribution is -2.30. The molecule has 1 rings (SSSR count). The van der Waals surface area contributed by atoms with Crippen molar-refractivity contribution >= 4 is 36.8 Å². The predicted octanol–water partition coefficient (Wildman–Crippen LogP) is 0.0149. The maximum absolute atomic E-state index is 11.4. The lowest BCUT2D eigenvalue weighted by Gasteiger charge is -2.06. The largest absolute Gasteiger partial charge is 0.488 e. The summed E-state index contributed by atoms with van der Waals surface area (Å²) in [6, 6.07) is 6.46. The van der Waals surface area contributed by atoms with E-state index in [4.69, 9.17) is 10.0 Å². The molecule has 0 bridgehead atoms. The van der Waals surface area contributed by atoms with Crippen molar-refractivity contribution in [2.24, 2.45) is 0 Å². The molecule has 1 amide bonds. The number of carbonyl (C=O) groups excluding carboxylic acids is 1. The van der Waals surface area contributed by atoms with E-state index in [9.17, 15) is 4.79 Å². The minimum atomic E-state index is -1.52. The van der Waals surface area contributed by atoms with Gasteiger partial charge in [0.2, 0.25) is 5.91 Å². The van der Waals surface area contributed by atoms with Crippen molar-refractivity contribution in [1.29, 1.82) is 0 Å². The van der Waals surface area contributed by atoms with E-state index < -0.39 is 7.12 Å². The average Bonchev–Trinajstić information content (AvgIpc) is 2.26. The van der Waals surface area contributed by atoms with Crippen molar-refractivity contribution in [3.8, 4) is 0 Å². The van der Waals surface area contributed by atoms with Gasteiger partial charge in [0.1, 0.15) is 0 Å². The third-order valence-electron chi connectivity index (χ3n) is 2.03. The maximum atomic E-state index is 11.4. The molecule has 0 aliphatic rings. The highest BCUT2D eigenvalue weighted by atomic mass is 32.1. The Hall–Kier alpha value is -0.975. The van der Waals surface area contributed by atoms with Crippen molar-refractivity contribution in [3.63, 3.8) is 0 Å². The Balaban J connectivity index is 2.59. The second-order valence-electron chi connectivity index (χ2n) is 3.37. The van der Waals surface area contributed by atoms with E-state index in [1.807, 2.05) is 0 Å². The number of hydrogen-bond donors (Lipinski definition) is 4. The first kappa shape index (κ1) is 13.1. The maximum Gasteiger partial charge on any atom is 0.488 e. The van der Waals surface area contributed by atoms with Crippen molar-refractivity contribution in [1.82, 2.24) is 0 Å². The number of anilines is 1. The minimum absolute atomic E-state index is 0.0985.